The summed E-state index contributed by atoms with van der Waals surface area (Å²) in [5.74, 6) is -0.683. The first-order chi connectivity index (χ1) is 15.7. The second-order valence-corrected chi connectivity index (χ2v) is 8.96. The van der Waals surface area contributed by atoms with Crippen LogP contribution in [0.4, 0.5) is 11.4 Å². The second kappa shape index (κ2) is 9.28. The van der Waals surface area contributed by atoms with Gasteiger partial charge in [0.15, 0.2) is 12.2 Å². The Morgan fingerprint density at radius 3 is 2.45 bits per heavy atom. The third kappa shape index (κ3) is 4.74. The molecule has 2 amide bonds. The van der Waals surface area contributed by atoms with Gasteiger partial charge in [-0.25, -0.2) is 4.79 Å². The zero-order valence-electron chi connectivity index (χ0n) is 17.9. The molecule has 1 aliphatic heterocycles. The second-order valence-electron chi connectivity index (χ2n) is 7.68. The van der Waals surface area contributed by atoms with E-state index < -0.39 is 11.7 Å². The molecule has 0 bridgehead atoms. The van der Waals surface area contributed by atoms with E-state index in [1.54, 1.807) is 36.2 Å². The van der Waals surface area contributed by atoms with Crippen molar-refractivity contribution in [3.05, 3.63) is 74.7 Å². The average Bonchev–Trinajstić information content (AvgIpc) is 3.21. The zero-order chi connectivity index (χ0) is 23.7. The van der Waals surface area contributed by atoms with E-state index in [0.717, 1.165) is 10.0 Å². The van der Waals surface area contributed by atoms with Gasteiger partial charge in [-0.05, 0) is 60.8 Å². The molecule has 1 aromatic heterocycles. The highest BCUT2D eigenvalue weighted by molar-refractivity contribution is 9.10. The van der Waals surface area contributed by atoms with Crippen LogP contribution in [-0.4, -0.2) is 33.1 Å². The highest BCUT2D eigenvalue weighted by Gasteiger charge is 2.45. The van der Waals surface area contributed by atoms with Gasteiger partial charge in [-0.3, -0.25) is 19.0 Å². The molecule has 1 fully saturated rings. The van der Waals surface area contributed by atoms with Crippen LogP contribution in [0.25, 0.3) is 0 Å². The van der Waals surface area contributed by atoms with Gasteiger partial charge in [0, 0.05) is 10.2 Å². The number of H-pyrrole nitrogens is 1. The third-order valence-corrected chi connectivity index (χ3v) is 6.30. The predicted octanol–water partition coefficient (Wildman–Crippen LogP) is 2.39. The van der Waals surface area contributed by atoms with Crippen molar-refractivity contribution in [2.45, 2.75) is 25.9 Å². The molecule has 2 aromatic carbocycles. The monoisotopic (exact) mass is 530 g/mol. The molecule has 11 heteroatoms. The Labute approximate surface area is 203 Å². The molecule has 1 aliphatic rings. The third-order valence-electron chi connectivity index (χ3n) is 5.35. The molecule has 0 aliphatic carbocycles. The number of halogens is 1. The minimum atomic E-state index is -0.886. The van der Waals surface area contributed by atoms with E-state index in [-0.39, 0.29) is 35.6 Å². The minimum absolute atomic E-state index is 0.00545. The molecule has 1 atom stereocenters. The van der Waals surface area contributed by atoms with Crippen LogP contribution in [0.5, 0.6) is 0 Å². The number of thiocarbonyl (C=S) groups is 1. The Morgan fingerprint density at radius 2 is 1.85 bits per heavy atom. The maximum Gasteiger partial charge on any atom is 0.431 e. The first-order valence-corrected chi connectivity index (χ1v) is 11.3. The summed E-state index contributed by atoms with van der Waals surface area (Å²) in [6, 6.07) is 13.6. The summed E-state index contributed by atoms with van der Waals surface area (Å²) in [6.45, 7) is 1.95. The minimum Gasteiger partial charge on any atom is -0.326 e. The number of hydrogen-bond donors (Lipinski definition) is 2. The van der Waals surface area contributed by atoms with Gasteiger partial charge in [0.1, 0.15) is 12.6 Å². The number of nitrogens with one attached hydrogen (secondary N) is 2. The lowest BCUT2D eigenvalue weighted by Gasteiger charge is -2.21. The smallest absolute Gasteiger partial charge is 0.326 e. The van der Waals surface area contributed by atoms with Gasteiger partial charge >= 0.3 is 11.3 Å². The van der Waals surface area contributed by atoms with Gasteiger partial charge in [-0.15, -0.1) is 0 Å². The summed E-state index contributed by atoms with van der Waals surface area (Å²) in [7, 11) is 1.62. The van der Waals surface area contributed by atoms with E-state index in [9.17, 15) is 14.4 Å². The highest BCUT2D eigenvalue weighted by Crippen LogP contribution is 2.28. The Hall–Kier alpha value is -3.31. The van der Waals surface area contributed by atoms with E-state index in [4.69, 9.17) is 16.7 Å². The number of aromatic nitrogens is 2. The van der Waals surface area contributed by atoms with Crippen molar-refractivity contribution in [3.8, 4) is 0 Å². The van der Waals surface area contributed by atoms with Crippen LogP contribution >= 0.6 is 28.1 Å². The fourth-order valence-electron chi connectivity index (χ4n) is 3.56. The number of nitrogens with zero attached hydrogens (tertiary/aromatic N) is 3. The van der Waals surface area contributed by atoms with E-state index in [1.807, 2.05) is 31.2 Å². The lowest BCUT2D eigenvalue weighted by molar-refractivity contribution is -0.746. The molecule has 0 saturated carbocycles. The van der Waals surface area contributed by atoms with Crippen molar-refractivity contribution in [2.75, 3.05) is 10.2 Å². The molecule has 2 heterocycles. The van der Waals surface area contributed by atoms with Gasteiger partial charge < -0.3 is 10.2 Å². The van der Waals surface area contributed by atoms with Gasteiger partial charge in [0.25, 0.3) is 5.91 Å². The molecule has 33 heavy (non-hydrogen) atoms. The van der Waals surface area contributed by atoms with Crippen LogP contribution < -0.4 is 20.5 Å². The fraction of sp³-hybridized carbons (Fsp3) is 0.227. The molecule has 1 saturated heterocycles. The number of rotatable bonds is 6. The van der Waals surface area contributed by atoms with Gasteiger partial charge in [-0.1, -0.05) is 38.3 Å². The molecule has 4 rings (SSSR count). The van der Waals surface area contributed by atoms with Crippen molar-refractivity contribution >= 4 is 56.4 Å². The van der Waals surface area contributed by atoms with Crippen LogP contribution in [0.2, 0.25) is 0 Å². The number of amides is 2. The van der Waals surface area contributed by atoms with Crippen molar-refractivity contribution in [2.24, 2.45) is 7.05 Å². The van der Waals surface area contributed by atoms with Gasteiger partial charge in [0.05, 0.1) is 12.1 Å². The summed E-state index contributed by atoms with van der Waals surface area (Å²) in [4.78, 5) is 41.4. The molecule has 3 aromatic rings. The van der Waals surface area contributed by atoms with Crippen molar-refractivity contribution in [1.29, 1.82) is 0 Å². The lowest BCUT2D eigenvalue weighted by Crippen LogP contribution is -2.44. The number of carbonyl (C=O) groups excluding carboxylic acids is 2. The highest BCUT2D eigenvalue weighted by atomic mass is 79.9. The molecular weight excluding hydrogens is 510 g/mol. The Bertz CT molecular complexity index is 1270. The Balaban J connectivity index is 1.63. The Kier molecular flexibility index (Phi) is 6.43. The molecule has 2 N–H and O–H groups in total. The van der Waals surface area contributed by atoms with Crippen molar-refractivity contribution in [1.82, 2.24) is 10.2 Å². The first-order valence-electron chi connectivity index (χ1n) is 10.1. The zero-order valence-corrected chi connectivity index (χ0v) is 20.3. The SMILES string of the molecule is Cc1ccc(N2C(=O)C(CC(=O)Nc3ccc(Br)cc3)N(Cc3c(=O)o[nH][n+]3C)C2=S)cc1. The summed E-state index contributed by atoms with van der Waals surface area (Å²) in [5, 5.41) is 5.47. The number of aromatic amines is 1. The number of benzene rings is 2. The van der Waals surface area contributed by atoms with Crippen LogP contribution in [-0.2, 0) is 23.2 Å². The number of anilines is 2. The van der Waals surface area contributed by atoms with E-state index in [1.165, 1.54) is 9.58 Å². The summed E-state index contributed by atoms with van der Waals surface area (Å²) in [5.41, 5.74) is 1.95. The van der Waals surface area contributed by atoms with Gasteiger partial charge in [0.2, 0.25) is 5.91 Å². The van der Waals surface area contributed by atoms with Crippen LogP contribution in [0.3, 0.4) is 0 Å². The molecule has 1 unspecified atom stereocenters. The lowest BCUT2D eigenvalue weighted by atomic mass is 10.1. The maximum atomic E-state index is 13.4. The summed E-state index contributed by atoms with van der Waals surface area (Å²) < 4.78 is 7.13. The van der Waals surface area contributed by atoms with Crippen molar-refractivity contribution in [3.63, 3.8) is 0 Å². The first kappa shape index (κ1) is 22.9. The average molecular weight is 531 g/mol. The maximum absolute atomic E-state index is 13.4. The van der Waals surface area contributed by atoms with E-state index >= 15 is 0 Å². The van der Waals surface area contributed by atoms with E-state index in [2.05, 4.69) is 26.5 Å². The predicted molar refractivity (Wildman–Crippen MR) is 128 cm³/mol. The van der Waals surface area contributed by atoms with Crippen LogP contribution in [0.1, 0.15) is 17.7 Å². The van der Waals surface area contributed by atoms with Crippen LogP contribution in [0.15, 0.2) is 62.3 Å². The molecule has 0 spiro atoms. The standard InChI is InChI=1S/C22H20BrN5O4S/c1-13-3-9-16(10-4-13)28-20(30)17(11-19(29)24-15-7-5-14(23)6-8-15)27(22(28)33)12-18-21(31)32-25-26(18)2/h3-10,17H,11-12H2,1-2H3,(H-,24,25,29,31)/p+1. The molecule has 170 valence electrons. The quantitative estimate of drug-likeness (QED) is 0.374. The topological polar surface area (TPSA) is 103 Å². The largest absolute Gasteiger partial charge is 0.431 e. The normalized spacial score (nSPS) is 15.9. The number of aryl methyl sites for hydroxylation is 2. The number of carbonyl (C=O) groups is 2. The molecule has 0 radical (unpaired) electrons. The molecule has 9 nitrogen and oxygen atoms in total. The number of hydrogen-bond acceptors (Lipinski definition) is 5. The van der Waals surface area contributed by atoms with Crippen LogP contribution in [0, 0.1) is 6.92 Å². The summed E-state index contributed by atoms with van der Waals surface area (Å²) in [6.07, 6.45) is -0.142. The van der Waals surface area contributed by atoms with Gasteiger partial charge in [-0.2, -0.15) is 0 Å². The molecular formula is C22H21BrN5O4S+. The van der Waals surface area contributed by atoms with Crippen molar-refractivity contribution < 1.29 is 18.8 Å². The van der Waals surface area contributed by atoms with E-state index in [0.29, 0.717) is 11.4 Å². The fourth-order valence-corrected chi connectivity index (χ4v) is 4.21. The summed E-state index contributed by atoms with van der Waals surface area (Å²) >= 11 is 8.99. The Morgan fingerprint density at radius 1 is 1.18 bits per heavy atom.